The van der Waals surface area contributed by atoms with E-state index in [0.29, 0.717) is 19.1 Å². The highest BCUT2D eigenvalue weighted by Crippen LogP contribution is 2.19. The Bertz CT molecular complexity index is 428. The zero-order valence-corrected chi connectivity index (χ0v) is 13.3. The molecule has 2 N–H and O–H groups in total. The van der Waals surface area contributed by atoms with Crippen molar-refractivity contribution in [1.29, 1.82) is 0 Å². The average Bonchev–Trinajstić information content (AvgIpc) is 2.96. The highest BCUT2D eigenvalue weighted by atomic mass is 35.5. The molecule has 1 aromatic rings. The molecule has 2 atom stereocenters. The predicted octanol–water partition coefficient (Wildman–Crippen LogP) is 2.32. The number of benzene rings is 1. The first-order valence-electron chi connectivity index (χ1n) is 7.37. The molecule has 1 aliphatic rings. The number of nitrogens with two attached hydrogens (primary N) is 1. The Morgan fingerprint density at radius 3 is 2.76 bits per heavy atom. The van der Waals surface area contributed by atoms with Gasteiger partial charge in [0.25, 0.3) is 0 Å². The molecule has 2 rings (SSSR count). The van der Waals surface area contributed by atoms with Crippen LogP contribution in [0.25, 0.3) is 0 Å². The van der Waals surface area contributed by atoms with Crippen molar-refractivity contribution in [3.8, 4) is 5.75 Å². The standard InChI is InChI=1S/C16H24N2O2.ClH/c1-13(8-10-20-15-5-3-2-4-6-15)16(19)18-9-7-14(11-17)12-18;/h2-6,13-14H,7-12,17H2,1H3;1H. The first kappa shape index (κ1) is 17.8. The number of carbonyl (C=O) groups is 1. The van der Waals surface area contributed by atoms with Crippen molar-refractivity contribution >= 4 is 18.3 Å². The van der Waals surface area contributed by atoms with Gasteiger partial charge in [-0.25, -0.2) is 0 Å². The maximum atomic E-state index is 12.3. The van der Waals surface area contributed by atoms with Crippen LogP contribution in [-0.2, 0) is 4.79 Å². The number of nitrogens with zero attached hydrogens (tertiary/aromatic N) is 1. The van der Waals surface area contributed by atoms with Gasteiger partial charge in [0.2, 0.25) is 5.91 Å². The Balaban J connectivity index is 0.00000220. The molecule has 0 radical (unpaired) electrons. The maximum absolute atomic E-state index is 12.3. The highest BCUT2D eigenvalue weighted by Gasteiger charge is 2.27. The molecule has 0 aliphatic carbocycles. The van der Waals surface area contributed by atoms with Gasteiger partial charge < -0.3 is 15.4 Å². The first-order valence-corrected chi connectivity index (χ1v) is 7.37. The third kappa shape index (κ3) is 5.21. The topological polar surface area (TPSA) is 55.6 Å². The monoisotopic (exact) mass is 312 g/mol. The number of hydrogen-bond donors (Lipinski definition) is 1. The fourth-order valence-corrected chi connectivity index (χ4v) is 2.53. The Morgan fingerprint density at radius 2 is 2.14 bits per heavy atom. The summed E-state index contributed by atoms with van der Waals surface area (Å²) in [7, 11) is 0. The van der Waals surface area contributed by atoms with E-state index < -0.39 is 0 Å². The van der Waals surface area contributed by atoms with E-state index in [1.807, 2.05) is 42.2 Å². The van der Waals surface area contributed by atoms with Gasteiger partial charge >= 0.3 is 0 Å². The summed E-state index contributed by atoms with van der Waals surface area (Å²) in [6, 6.07) is 9.71. The smallest absolute Gasteiger partial charge is 0.225 e. The van der Waals surface area contributed by atoms with Crippen LogP contribution in [0.2, 0.25) is 0 Å². The summed E-state index contributed by atoms with van der Waals surface area (Å²) in [4.78, 5) is 14.2. The van der Waals surface area contributed by atoms with E-state index in [1.54, 1.807) is 0 Å². The van der Waals surface area contributed by atoms with Crippen LogP contribution >= 0.6 is 12.4 Å². The van der Waals surface area contributed by atoms with E-state index in [0.717, 1.165) is 31.7 Å². The molecule has 1 aliphatic heterocycles. The van der Waals surface area contributed by atoms with E-state index in [4.69, 9.17) is 10.5 Å². The minimum Gasteiger partial charge on any atom is -0.494 e. The zero-order chi connectivity index (χ0) is 14.4. The fourth-order valence-electron chi connectivity index (χ4n) is 2.53. The SMILES string of the molecule is CC(CCOc1ccccc1)C(=O)N1CCC(CN)C1.Cl. The lowest BCUT2D eigenvalue weighted by atomic mass is 10.1. The first-order chi connectivity index (χ1) is 9.70. The van der Waals surface area contributed by atoms with E-state index in [2.05, 4.69) is 0 Å². The lowest BCUT2D eigenvalue weighted by molar-refractivity contribution is -0.134. The van der Waals surface area contributed by atoms with Gasteiger partial charge in [-0.1, -0.05) is 25.1 Å². The van der Waals surface area contributed by atoms with Gasteiger partial charge in [-0.15, -0.1) is 12.4 Å². The van der Waals surface area contributed by atoms with Crippen LogP contribution in [-0.4, -0.2) is 37.0 Å². The molecule has 1 heterocycles. The van der Waals surface area contributed by atoms with Crippen molar-refractivity contribution in [3.63, 3.8) is 0 Å². The van der Waals surface area contributed by atoms with Crippen LogP contribution in [0.5, 0.6) is 5.75 Å². The number of hydrogen-bond acceptors (Lipinski definition) is 3. The molecule has 0 bridgehead atoms. The molecule has 5 heteroatoms. The molecule has 0 aromatic heterocycles. The summed E-state index contributed by atoms with van der Waals surface area (Å²) >= 11 is 0. The molecule has 4 nitrogen and oxygen atoms in total. The second-order valence-electron chi connectivity index (χ2n) is 5.53. The molecule has 1 fully saturated rings. The van der Waals surface area contributed by atoms with E-state index in [9.17, 15) is 4.79 Å². The minimum absolute atomic E-state index is 0. The van der Waals surface area contributed by atoms with E-state index in [-0.39, 0.29) is 24.2 Å². The number of likely N-dealkylation sites (tertiary alicyclic amines) is 1. The van der Waals surface area contributed by atoms with Crippen molar-refractivity contribution in [2.75, 3.05) is 26.2 Å². The third-order valence-electron chi connectivity index (χ3n) is 3.92. The van der Waals surface area contributed by atoms with Crippen LogP contribution in [0.15, 0.2) is 30.3 Å². The van der Waals surface area contributed by atoms with Gasteiger partial charge in [-0.3, -0.25) is 4.79 Å². The van der Waals surface area contributed by atoms with Crippen LogP contribution in [0, 0.1) is 11.8 Å². The Kier molecular flexibility index (Phi) is 7.54. The quantitative estimate of drug-likeness (QED) is 0.877. The lowest BCUT2D eigenvalue weighted by Crippen LogP contribution is -2.34. The number of amides is 1. The average molecular weight is 313 g/mol. The predicted molar refractivity (Wildman–Crippen MR) is 86.7 cm³/mol. The van der Waals surface area contributed by atoms with Crippen molar-refractivity contribution < 1.29 is 9.53 Å². The summed E-state index contributed by atoms with van der Waals surface area (Å²) in [6.07, 6.45) is 1.78. The number of ether oxygens (including phenoxy) is 1. The van der Waals surface area contributed by atoms with E-state index in [1.165, 1.54) is 0 Å². The zero-order valence-electron chi connectivity index (χ0n) is 12.5. The second-order valence-corrected chi connectivity index (χ2v) is 5.53. The van der Waals surface area contributed by atoms with Gasteiger partial charge in [0.05, 0.1) is 6.61 Å². The number of halogens is 1. The number of para-hydroxylation sites is 1. The van der Waals surface area contributed by atoms with Crippen molar-refractivity contribution in [2.45, 2.75) is 19.8 Å². The number of carbonyl (C=O) groups excluding carboxylic acids is 1. The van der Waals surface area contributed by atoms with Crippen molar-refractivity contribution in [1.82, 2.24) is 4.90 Å². The van der Waals surface area contributed by atoms with E-state index >= 15 is 0 Å². The van der Waals surface area contributed by atoms with Crippen LogP contribution in [0.4, 0.5) is 0 Å². The molecule has 0 spiro atoms. The van der Waals surface area contributed by atoms with Crippen LogP contribution < -0.4 is 10.5 Å². The summed E-state index contributed by atoms with van der Waals surface area (Å²) in [5, 5.41) is 0. The molecule has 21 heavy (non-hydrogen) atoms. The van der Waals surface area contributed by atoms with Gasteiger partial charge in [0, 0.05) is 19.0 Å². The molecule has 118 valence electrons. The molecule has 2 unspecified atom stereocenters. The van der Waals surface area contributed by atoms with Gasteiger partial charge in [-0.05, 0) is 37.4 Å². The highest BCUT2D eigenvalue weighted by molar-refractivity contribution is 5.85. The molecule has 1 amide bonds. The van der Waals surface area contributed by atoms with Crippen molar-refractivity contribution in [2.24, 2.45) is 17.6 Å². The fraction of sp³-hybridized carbons (Fsp3) is 0.562. The van der Waals surface area contributed by atoms with Crippen LogP contribution in [0.1, 0.15) is 19.8 Å². The Labute approximate surface area is 133 Å². The summed E-state index contributed by atoms with van der Waals surface area (Å²) in [5.74, 6) is 1.58. The van der Waals surface area contributed by atoms with Gasteiger partial charge in [0.1, 0.15) is 5.75 Å². The van der Waals surface area contributed by atoms with Crippen LogP contribution in [0.3, 0.4) is 0 Å². The maximum Gasteiger partial charge on any atom is 0.225 e. The third-order valence-corrected chi connectivity index (χ3v) is 3.92. The minimum atomic E-state index is 0. The summed E-state index contributed by atoms with van der Waals surface area (Å²) in [6.45, 7) is 4.90. The molecular formula is C16H25ClN2O2. The second kappa shape index (κ2) is 8.90. The van der Waals surface area contributed by atoms with Gasteiger partial charge in [0.15, 0.2) is 0 Å². The molecule has 0 saturated carbocycles. The molecule has 1 saturated heterocycles. The molecule has 1 aromatic carbocycles. The normalized spacial score (nSPS) is 19.0. The number of rotatable bonds is 6. The Morgan fingerprint density at radius 1 is 1.43 bits per heavy atom. The molecular weight excluding hydrogens is 288 g/mol. The Hall–Kier alpha value is -1.26. The summed E-state index contributed by atoms with van der Waals surface area (Å²) in [5.41, 5.74) is 5.66. The largest absolute Gasteiger partial charge is 0.494 e. The van der Waals surface area contributed by atoms with Crippen molar-refractivity contribution in [3.05, 3.63) is 30.3 Å². The lowest BCUT2D eigenvalue weighted by Gasteiger charge is -2.21. The van der Waals surface area contributed by atoms with Gasteiger partial charge in [-0.2, -0.15) is 0 Å². The summed E-state index contributed by atoms with van der Waals surface area (Å²) < 4.78 is 5.64.